The molecule has 2 aromatic rings. The minimum atomic E-state index is -4.02. The quantitative estimate of drug-likeness (QED) is 0.747. The van der Waals surface area contributed by atoms with E-state index in [4.69, 9.17) is 5.11 Å². The Hall–Kier alpha value is -2.04. The maximum Gasteiger partial charge on any atom is 0.338 e. The van der Waals surface area contributed by atoms with Crippen LogP contribution in [0.25, 0.3) is 0 Å². The zero-order valence-electron chi connectivity index (χ0n) is 10.3. The second-order valence-electron chi connectivity index (χ2n) is 3.94. The number of sulfonamides is 1. The molecule has 0 amide bonds. The summed E-state index contributed by atoms with van der Waals surface area (Å²) >= 11 is 0.886. The van der Waals surface area contributed by atoms with Crippen molar-refractivity contribution in [2.24, 2.45) is 0 Å². The van der Waals surface area contributed by atoms with Gasteiger partial charge in [-0.2, -0.15) is 0 Å². The van der Waals surface area contributed by atoms with Gasteiger partial charge in [0, 0.05) is 11.1 Å². The molecule has 10 heteroatoms. The van der Waals surface area contributed by atoms with Crippen molar-refractivity contribution in [3.8, 4) is 0 Å². The molecule has 0 radical (unpaired) electrons. The number of aromatic nitrogens is 1. The smallest absolute Gasteiger partial charge is 0.338 e. The molecule has 21 heavy (non-hydrogen) atoms. The van der Waals surface area contributed by atoms with E-state index in [0.29, 0.717) is 5.69 Å². The average Bonchev–Trinajstić information content (AvgIpc) is 2.82. The zero-order chi connectivity index (χ0) is 15.6. The summed E-state index contributed by atoms with van der Waals surface area (Å²) in [5.74, 6) is -2.59. The van der Waals surface area contributed by atoms with Crippen molar-refractivity contribution in [3.63, 3.8) is 0 Å². The minimum absolute atomic E-state index is 0.166. The highest BCUT2D eigenvalue weighted by molar-refractivity contribution is 7.89. The molecule has 1 aromatic heterocycles. The summed E-state index contributed by atoms with van der Waals surface area (Å²) in [6.07, 6.45) is 0. The summed E-state index contributed by atoms with van der Waals surface area (Å²) in [7, 11) is -4.02. The Bertz CT molecular complexity index is 840. The molecule has 112 valence electrons. The lowest BCUT2D eigenvalue weighted by atomic mass is 10.2. The summed E-state index contributed by atoms with van der Waals surface area (Å²) in [6.45, 7) is -0.166. The normalized spacial score (nSPS) is 11.5. The van der Waals surface area contributed by atoms with E-state index in [1.54, 1.807) is 0 Å². The number of carbonyl (C=O) groups is 1. The molecular weight excluding hydrogens is 323 g/mol. The van der Waals surface area contributed by atoms with Gasteiger partial charge in [-0.3, -0.25) is 4.79 Å². The van der Waals surface area contributed by atoms with Gasteiger partial charge in [-0.1, -0.05) is 11.3 Å². The van der Waals surface area contributed by atoms with Crippen LogP contribution in [0.5, 0.6) is 0 Å². The highest BCUT2D eigenvalue weighted by Gasteiger charge is 2.19. The topological polar surface area (TPSA) is 116 Å². The molecule has 0 spiro atoms. The van der Waals surface area contributed by atoms with Crippen LogP contribution in [0.1, 0.15) is 16.1 Å². The fourth-order valence-corrected chi connectivity index (χ4v) is 3.11. The van der Waals surface area contributed by atoms with E-state index in [2.05, 4.69) is 9.71 Å². The van der Waals surface area contributed by atoms with Gasteiger partial charge in [-0.15, -0.1) is 0 Å². The van der Waals surface area contributed by atoms with Crippen molar-refractivity contribution in [2.45, 2.75) is 11.4 Å². The van der Waals surface area contributed by atoms with Crippen molar-refractivity contribution in [2.75, 3.05) is 0 Å². The molecule has 0 atom stereocenters. The number of H-pyrrole nitrogens is 1. The van der Waals surface area contributed by atoms with Crippen LogP contribution in [0, 0.1) is 5.82 Å². The molecule has 1 heterocycles. The fraction of sp³-hybridized carbons (Fsp3) is 0.0909. The van der Waals surface area contributed by atoms with E-state index < -0.39 is 27.4 Å². The summed E-state index contributed by atoms with van der Waals surface area (Å²) in [5, 5.41) is 10.2. The lowest BCUT2D eigenvalue weighted by Gasteiger charge is -2.07. The van der Waals surface area contributed by atoms with Gasteiger partial charge in [0.1, 0.15) is 5.82 Å². The van der Waals surface area contributed by atoms with E-state index in [0.717, 1.165) is 29.5 Å². The molecule has 3 N–H and O–H groups in total. The van der Waals surface area contributed by atoms with Crippen molar-refractivity contribution in [1.29, 1.82) is 0 Å². The van der Waals surface area contributed by atoms with Crippen molar-refractivity contribution in [3.05, 3.63) is 50.3 Å². The number of carboxylic acid groups (broad SMARTS) is 1. The number of nitrogens with one attached hydrogen (secondary N) is 2. The second-order valence-corrected chi connectivity index (χ2v) is 6.55. The maximum atomic E-state index is 13.2. The van der Waals surface area contributed by atoms with Crippen molar-refractivity contribution >= 4 is 27.3 Å². The number of hydrogen-bond donors (Lipinski definition) is 3. The van der Waals surface area contributed by atoms with Gasteiger partial charge in [0.15, 0.2) is 0 Å². The molecule has 0 bridgehead atoms. The molecule has 1 aromatic carbocycles. The number of thiazole rings is 1. The van der Waals surface area contributed by atoms with Crippen LogP contribution in [-0.2, 0) is 16.6 Å². The van der Waals surface area contributed by atoms with Gasteiger partial charge in [-0.05, 0) is 18.2 Å². The van der Waals surface area contributed by atoms with Gasteiger partial charge in [-0.25, -0.2) is 22.3 Å². The summed E-state index contributed by atoms with van der Waals surface area (Å²) < 4.78 is 39.4. The monoisotopic (exact) mass is 332 g/mol. The largest absolute Gasteiger partial charge is 0.478 e. The Morgan fingerprint density at radius 2 is 2.14 bits per heavy atom. The Balaban J connectivity index is 2.25. The molecule has 0 saturated carbocycles. The van der Waals surface area contributed by atoms with Crippen LogP contribution in [0.2, 0.25) is 0 Å². The van der Waals surface area contributed by atoms with Gasteiger partial charge in [0.2, 0.25) is 10.0 Å². The van der Waals surface area contributed by atoms with E-state index in [9.17, 15) is 22.4 Å². The first kappa shape index (κ1) is 15.4. The third-order valence-electron chi connectivity index (χ3n) is 2.50. The SMILES string of the molecule is O=C(O)c1cc(S(=O)(=O)NCc2csc(=O)[nH]2)ccc1F. The van der Waals surface area contributed by atoms with Crippen LogP contribution < -0.4 is 9.60 Å². The predicted molar refractivity (Wildman–Crippen MR) is 72.3 cm³/mol. The van der Waals surface area contributed by atoms with Crippen LogP contribution in [0.15, 0.2) is 33.3 Å². The lowest BCUT2D eigenvalue weighted by Crippen LogP contribution is -2.24. The Labute approximate surface area is 122 Å². The molecule has 7 nitrogen and oxygen atoms in total. The molecule has 0 aliphatic heterocycles. The predicted octanol–water partition coefficient (Wildman–Crippen LogP) is 0.752. The summed E-state index contributed by atoms with van der Waals surface area (Å²) in [6, 6.07) is 2.46. The van der Waals surface area contributed by atoms with Crippen LogP contribution in [0.3, 0.4) is 0 Å². The number of halogens is 1. The van der Waals surface area contributed by atoms with Crippen molar-refractivity contribution < 1.29 is 22.7 Å². The van der Waals surface area contributed by atoms with Gasteiger partial charge in [0.05, 0.1) is 17.0 Å². The highest BCUT2D eigenvalue weighted by atomic mass is 32.2. The third kappa shape index (κ3) is 3.54. The molecule has 0 fully saturated rings. The number of hydrogen-bond acceptors (Lipinski definition) is 5. The van der Waals surface area contributed by atoms with E-state index in [1.807, 2.05) is 0 Å². The number of aromatic amines is 1. The molecule has 0 aliphatic rings. The Morgan fingerprint density at radius 3 is 2.71 bits per heavy atom. The lowest BCUT2D eigenvalue weighted by molar-refractivity contribution is 0.0691. The molecule has 0 unspecified atom stereocenters. The molecule has 0 aliphatic carbocycles. The zero-order valence-corrected chi connectivity index (χ0v) is 11.9. The first-order chi connectivity index (χ1) is 9.79. The minimum Gasteiger partial charge on any atom is -0.478 e. The second kappa shape index (κ2) is 5.76. The number of aromatic carboxylic acids is 1. The summed E-state index contributed by atoms with van der Waals surface area (Å²) in [5.41, 5.74) is -0.365. The molecular formula is C11H9FN2O5S2. The maximum absolute atomic E-state index is 13.2. The Kier molecular flexibility index (Phi) is 4.21. The van der Waals surface area contributed by atoms with E-state index >= 15 is 0 Å². The van der Waals surface area contributed by atoms with E-state index in [1.165, 1.54) is 5.38 Å². The average molecular weight is 332 g/mol. The van der Waals surface area contributed by atoms with Crippen LogP contribution in [-0.4, -0.2) is 24.5 Å². The standard InChI is InChI=1S/C11H9FN2O5S2/c12-9-2-1-7(3-8(9)10(15)16)21(18,19)13-4-6-5-20-11(17)14-6/h1-3,5,13H,4H2,(H,14,17)(H,15,16). The third-order valence-corrected chi connectivity index (χ3v) is 4.62. The Morgan fingerprint density at radius 1 is 1.43 bits per heavy atom. The first-order valence-electron chi connectivity index (χ1n) is 5.49. The molecule has 0 saturated heterocycles. The fourth-order valence-electron chi connectivity index (χ4n) is 1.49. The first-order valence-corrected chi connectivity index (χ1v) is 7.85. The van der Waals surface area contributed by atoms with Crippen LogP contribution >= 0.6 is 11.3 Å². The van der Waals surface area contributed by atoms with Gasteiger partial charge >= 0.3 is 10.8 Å². The highest BCUT2D eigenvalue weighted by Crippen LogP contribution is 2.15. The molecule has 2 rings (SSSR count). The van der Waals surface area contributed by atoms with Gasteiger partial charge in [0.25, 0.3) is 0 Å². The summed E-state index contributed by atoms with van der Waals surface area (Å²) in [4.78, 5) is 23.4. The van der Waals surface area contributed by atoms with Crippen molar-refractivity contribution in [1.82, 2.24) is 9.71 Å². The number of carboxylic acids is 1. The van der Waals surface area contributed by atoms with Gasteiger partial charge < -0.3 is 10.1 Å². The van der Waals surface area contributed by atoms with Crippen LogP contribution in [0.4, 0.5) is 4.39 Å². The van der Waals surface area contributed by atoms with E-state index in [-0.39, 0.29) is 16.3 Å². The number of benzene rings is 1. The number of rotatable bonds is 5.